The number of carbonyl (C=O) groups excluding carboxylic acids is 1. The molecule has 1 saturated heterocycles. The lowest BCUT2D eigenvalue weighted by Gasteiger charge is -2.24. The van der Waals surface area contributed by atoms with Gasteiger partial charge in [-0.05, 0) is 37.4 Å². The second kappa shape index (κ2) is 8.09. The van der Waals surface area contributed by atoms with Crippen LogP contribution in [0.1, 0.15) is 12.0 Å². The molecule has 2 N–H and O–H groups in total. The summed E-state index contributed by atoms with van der Waals surface area (Å²) in [5.74, 6) is -2.18. The zero-order valence-corrected chi connectivity index (χ0v) is 17.4. The summed E-state index contributed by atoms with van der Waals surface area (Å²) < 4.78 is 69.0. The van der Waals surface area contributed by atoms with E-state index in [9.17, 15) is 22.5 Å². The molecule has 29 heavy (non-hydrogen) atoms. The lowest BCUT2D eigenvalue weighted by atomic mass is 9.99. The van der Waals surface area contributed by atoms with Crippen LogP contribution in [0.3, 0.4) is 0 Å². The van der Waals surface area contributed by atoms with Gasteiger partial charge in [0.1, 0.15) is 18.5 Å². The van der Waals surface area contributed by atoms with Gasteiger partial charge in [0.2, 0.25) is 5.91 Å². The molecule has 0 aromatic heterocycles. The fraction of sp³-hybridized carbons (Fsp3) is 0.316. The number of halogens is 5. The Morgan fingerprint density at radius 2 is 1.72 bits per heavy atom. The van der Waals surface area contributed by atoms with E-state index in [0.717, 1.165) is 11.0 Å². The van der Waals surface area contributed by atoms with Crippen molar-refractivity contribution in [2.75, 3.05) is 24.8 Å². The van der Waals surface area contributed by atoms with E-state index < -0.39 is 42.3 Å². The van der Waals surface area contributed by atoms with Gasteiger partial charge in [-0.25, -0.2) is 4.39 Å². The normalized spacial score (nSPS) is 17.4. The van der Waals surface area contributed by atoms with Crippen molar-refractivity contribution in [3.63, 3.8) is 0 Å². The molecule has 0 radical (unpaired) electrons. The van der Waals surface area contributed by atoms with Gasteiger partial charge in [-0.1, -0.05) is 24.3 Å². The first-order valence-electron chi connectivity index (χ1n) is 8.54. The zero-order chi connectivity index (χ0) is 20.9. The SMILES string of the molecule is CP(C)(=O)c1ccccc1-c1ccc(N2CCC(N)C2=O)c(C(F)(F)F)c1F.Cl. The van der Waals surface area contributed by atoms with Crippen molar-refractivity contribution in [1.82, 2.24) is 0 Å². The summed E-state index contributed by atoms with van der Waals surface area (Å²) in [6, 6.07) is 7.44. The molecule has 1 unspecified atom stereocenters. The van der Waals surface area contributed by atoms with Crippen molar-refractivity contribution in [2.24, 2.45) is 5.73 Å². The quantitative estimate of drug-likeness (QED) is 0.562. The van der Waals surface area contributed by atoms with Crippen LogP contribution in [0.15, 0.2) is 36.4 Å². The van der Waals surface area contributed by atoms with E-state index in [1.807, 2.05) is 0 Å². The molecule has 1 atom stereocenters. The van der Waals surface area contributed by atoms with Crippen molar-refractivity contribution < 1.29 is 26.9 Å². The highest BCUT2D eigenvalue weighted by Crippen LogP contribution is 2.45. The Labute approximate surface area is 171 Å². The van der Waals surface area contributed by atoms with Crippen LogP contribution in [-0.2, 0) is 15.5 Å². The van der Waals surface area contributed by atoms with Crippen molar-refractivity contribution in [3.8, 4) is 11.1 Å². The number of hydrogen-bond donors (Lipinski definition) is 1. The van der Waals surface area contributed by atoms with Gasteiger partial charge in [0.15, 0.2) is 0 Å². The molecule has 2 aromatic rings. The Bertz CT molecular complexity index is 991. The van der Waals surface area contributed by atoms with Crippen molar-refractivity contribution >= 4 is 36.4 Å². The molecule has 1 aliphatic rings. The van der Waals surface area contributed by atoms with E-state index in [4.69, 9.17) is 5.73 Å². The predicted molar refractivity (Wildman–Crippen MR) is 108 cm³/mol. The lowest BCUT2D eigenvalue weighted by molar-refractivity contribution is -0.139. The average molecular weight is 451 g/mol. The van der Waals surface area contributed by atoms with Crippen molar-refractivity contribution in [3.05, 3.63) is 47.8 Å². The van der Waals surface area contributed by atoms with Crippen molar-refractivity contribution in [1.29, 1.82) is 0 Å². The molecule has 1 fully saturated rings. The van der Waals surface area contributed by atoms with Crippen LogP contribution < -0.4 is 15.9 Å². The highest BCUT2D eigenvalue weighted by Gasteiger charge is 2.42. The van der Waals surface area contributed by atoms with Gasteiger partial charge in [-0.3, -0.25) is 4.79 Å². The highest BCUT2D eigenvalue weighted by atomic mass is 35.5. The summed E-state index contributed by atoms with van der Waals surface area (Å²) in [6.07, 6.45) is -4.84. The van der Waals surface area contributed by atoms with Crippen LogP contribution in [0.5, 0.6) is 0 Å². The lowest BCUT2D eigenvalue weighted by Crippen LogP contribution is -2.35. The summed E-state index contributed by atoms with van der Waals surface area (Å²) >= 11 is 0. The molecule has 0 spiro atoms. The molecule has 0 saturated carbocycles. The maximum absolute atomic E-state index is 15.2. The number of nitrogens with zero attached hydrogens (tertiary/aromatic N) is 1. The topological polar surface area (TPSA) is 63.4 Å². The molecule has 158 valence electrons. The number of benzene rings is 2. The van der Waals surface area contributed by atoms with Crippen LogP contribution in [0.25, 0.3) is 11.1 Å². The van der Waals surface area contributed by atoms with Crippen LogP contribution in [0.4, 0.5) is 23.2 Å². The fourth-order valence-electron chi connectivity index (χ4n) is 3.38. The van der Waals surface area contributed by atoms with Crippen LogP contribution in [0, 0.1) is 5.82 Å². The predicted octanol–water partition coefficient (Wildman–Crippen LogP) is 4.25. The van der Waals surface area contributed by atoms with E-state index in [0.29, 0.717) is 0 Å². The van der Waals surface area contributed by atoms with Gasteiger partial charge < -0.3 is 15.2 Å². The standard InChI is InChI=1S/C19H19F4N2O2P.ClH/c1-28(2,27)15-6-4-3-5-11(15)12-7-8-14(16(17(12)20)19(21,22)23)25-10-9-13(24)18(25)26;/h3-8,13H,9-10,24H2,1-2H3;1H. The molecule has 1 heterocycles. The highest BCUT2D eigenvalue weighted by molar-refractivity contribution is 7.70. The molecule has 3 rings (SSSR count). The van der Waals surface area contributed by atoms with Gasteiger partial charge >= 0.3 is 6.18 Å². The number of anilines is 1. The largest absolute Gasteiger partial charge is 0.421 e. The Kier molecular flexibility index (Phi) is 6.52. The third-order valence-corrected chi connectivity index (χ3v) is 6.27. The van der Waals surface area contributed by atoms with Gasteiger partial charge in [-0.2, -0.15) is 13.2 Å². The number of rotatable bonds is 3. The minimum absolute atomic E-state index is 0. The summed E-state index contributed by atoms with van der Waals surface area (Å²) in [7, 11) is -2.88. The third kappa shape index (κ3) is 4.34. The number of alkyl halides is 3. The number of amides is 1. The number of carbonyl (C=O) groups is 1. The first-order chi connectivity index (χ1) is 12.9. The van der Waals surface area contributed by atoms with Crippen LogP contribution in [0.2, 0.25) is 0 Å². The van der Waals surface area contributed by atoms with Gasteiger partial charge in [0, 0.05) is 17.4 Å². The van der Waals surface area contributed by atoms with E-state index in [-0.39, 0.29) is 41.8 Å². The Morgan fingerprint density at radius 3 is 2.24 bits per heavy atom. The molecule has 4 nitrogen and oxygen atoms in total. The van der Waals surface area contributed by atoms with E-state index in [1.54, 1.807) is 6.07 Å². The van der Waals surface area contributed by atoms with Crippen LogP contribution in [-0.4, -0.2) is 31.8 Å². The van der Waals surface area contributed by atoms with Gasteiger partial charge in [0.05, 0.1) is 11.7 Å². The third-order valence-electron chi connectivity index (χ3n) is 4.72. The zero-order valence-electron chi connectivity index (χ0n) is 15.7. The second-order valence-electron chi connectivity index (χ2n) is 7.07. The monoisotopic (exact) mass is 450 g/mol. The number of hydrogen-bond acceptors (Lipinski definition) is 3. The van der Waals surface area contributed by atoms with Crippen LogP contribution >= 0.6 is 19.5 Å². The molecule has 10 heteroatoms. The minimum atomic E-state index is -5.03. The van der Waals surface area contributed by atoms with Gasteiger partial charge in [-0.15, -0.1) is 12.4 Å². The Morgan fingerprint density at radius 1 is 1.10 bits per heavy atom. The minimum Gasteiger partial charge on any atom is -0.320 e. The summed E-state index contributed by atoms with van der Waals surface area (Å²) in [4.78, 5) is 13.0. The Hall–Kier alpha value is -1.89. The summed E-state index contributed by atoms with van der Waals surface area (Å²) in [5.41, 5.74) is 3.34. The molecule has 1 amide bonds. The number of nitrogens with two attached hydrogens (primary N) is 1. The second-order valence-corrected chi connectivity index (χ2v) is 10.3. The van der Waals surface area contributed by atoms with Gasteiger partial charge in [0.25, 0.3) is 0 Å². The molecule has 0 bridgehead atoms. The molecule has 2 aromatic carbocycles. The molecule has 0 aliphatic carbocycles. The fourth-order valence-corrected chi connectivity index (χ4v) is 4.60. The molecule has 1 aliphatic heterocycles. The molecular formula is C19H20ClF4N2O2P. The maximum Gasteiger partial charge on any atom is 0.421 e. The van der Waals surface area contributed by atoms with Crippen molar-refractivity contribution in [2.45, 2.75) is 18.6 Å². The molecular weight excluding hydrogens is 431 g/mol. The average Bonchev–Trinajstić information content (AvgIpc) is 2.92. The Balaban J connectivity index is 0.00000300. The smallest absolute Gasteiger partial charge is 0.320 e. The van der Waals surface area contributed by atoms with E-state index in [2.05, 4.69) is 0 Å². The maximum atomic E-state index is 15.2. The summed E-state index contributed by atoms with van der Waals surface area (Å²) in [5, 5.41) is 0.286. The van der Waals surface area contributed by atoms with E-state index >= 15 is 4.39 Å². The first kappa shape index (κ1) is 23.4. The first-order valence-corrected chi connectivity index (χ1v) is 11.1. The summed E-state index contributed by atoms with van der Waals surface area (Å²) in [6.45, 7) is 2.91. The van der Waals surface area contributed by atoms with E-state index in [1.165, 1.54) is 37.6 Å².